The molecule has 0 radical (unpaired) electrons. The fourth-order valence-electron chi connectivity index (χ4n) is 4.41. The zero-order valence-electron chi connectivity index (χ0n) is 17.8. The molecule has 3 aromatic carbocycles. The minimum atomic E-state index is -0.325. The molecule has 0 bridgehead atoms. The number of para-hydroxylation sites is 1. The minimum Gasteiger partial charge on any atom is -0.507 e. The van der Waals surface area contributed by atoms with Crippen molar-refractivity contribution in [3.63, 3.8) is 0 Å². The molecule has 5 rings (SSSR count). The third-order valence-corrected chi connectivity index (χ3v) is 5.88. The first-order valence-electron chi connectivity index (χ1n) is 10.9. The average molecular weight is 429 g/mol. The lowest BCUT2D eigenvalue weighted by atomic mass is 10.0. The van der Waals surface area contributed by atoms with Gasteiger partial charge in [0.15, 0.2) is 5.82 Å². The number of aromatic hydroxyl groups is 1. The van der Waals surface area contributed by atoms with Gasteiger partial charge in [0.05, 0.1) is 23.7 Å². The first kappa shape index (κ1) is 20.2. The first-order chi connectivity index (χ1) is 15.6. The number of halogens is 1. The van der Waals surface area contributed by atoms with Crippen LogP contribution in [0.3, 0.4) is 0 Å². The molecule has 4 aromatic rings. The minimum absolute atomic E-state index is 0.115. The number of anilines is 1. The molecule has 1 unspecified atom stereocenters. The van der Waals surface area contributed by atoms with Crippen molar-refractivity contribution in [3.05, 3.63) is 78.1 Å². The zero-order valence-corrected chi connectivity index (χ0v) is 17.8. The van der Waals surface area contributed by atoms with Crippen LogP contribution >= 0.6 is 0 Å². The van der Waals surface area contributed by atoms with Gasteiger partial charge in [-0.05, 0) is 67.8 Å². The molecule has 2 heterocycles. The smallest absolute Gasteiger partial charge is 0.165 e. The number of rotatable bonds is 5. The quantitative estimate of drug-likeness (QED) is 0.429. The van der Waals surface area contributed by atoms with Crippen LogP contribution in [-0.2, 0) is 0 Å². The number of ether oxygens (including phenoxy) is 1. The number of hydrogen-bond acceptors (Lipinski definition) is 5. The lowest BCUT2D eigenvalue weighted by Crippen LogP contribution is -2.24. The molecule has 0 amide bonds. The van der Waals surface area contributed by atoms with Crippen LogP contribution in [0.5, 0.6) is 11.5 Å². The molecule has 1 N–H and O–H groups in total. The Kier molecular flexibility index (Phi) is 5.35. The van der Waals surface area contributed by atoms with Crippen LogP contribution in [0.4, 0.5) is 10.2 Å². The van der Waals surface area contributed by atoms with Crippen molar-refractivity contribution in [1.82, 2.24) is 9.97 Å². The van der Waals surface area contributed by atoms with Crippen molar-refractivity contribution in [3.8, 4) is 22.9 Å². The molecule has 1 aromatic heterocycles. The van der Waals surface area contributed by atoms with Crippen molar-refractivity contribution in [2.24, 2.45) is 0 Å². The second-order valence-corrected chi connectivity index (χ2v) is 7.90. The summed E-state index contributed by atoms with van der Waals surface area (Å²) in [5.74, 6) is 1.75. The Bertz CT molecular complexity index is 1260. The van der Waals surface area contributed by atoms with E-state index in [1.165, 1.54) is 17.7 Å². The lowest BCUT2D eigenvalue weighted by molar-refractivity contribution is 0.340. The largest absolute Gasteiger partial charge is 0.507 e. The number of phenolic OH excluding ortho intramolecular Hbond substituents is 1. The summed E-state index contributed by atoms with van der Waals surface area (Å²) in [7, 11) is 0. The normalized spacial score (nSPS) is 15.9. The second kappa shape index (κ2) is 8.46. The van der Waals surface area contributed by atoms with Gasteiger partial charge in [0.25, 0.3) is 0 Å². The van der Waals surface area contributed by atoms with E-state index in [0.29, 0.717) is 34.7 Å². The van der Waals surface area contributed by atoms with Crippen molar-refractivity contribution in [1.29, 1.82) is 0 Å². The standard InChI is InChI=1S/C26H24FN3O2/c1-2-32-19-12-9-17(10-13-19)23-7-5-15-30(23)26-21-16-18(27)11-14-22(21)28-25(29-26)20-6-3-4-8-24(20)31/h3-4,6,8-14,16,23,31H,2,5,7,15H2,1H3. The Morgan fingerprint density at radius 1 is 1.06 bits per heavy atom. The van der Waals surface area contributed by atoms with Gasteiger partial charge in [-0.3, -0.25) is 0 Å². The van der Waals surface area contributed by atoms with Crippen molar-refractivity contribution in [2.45, 2.75) is 25.8 Å². The Morgan fingerprint density at radius 2 is 1.88 bits per heavy atom. The van der Waals surface area contributed by atoms with E-state index in [4.69, 9.17) is 9.72 Å². The molecular weight excluding hydrogens is 405 g/mol. The third kappa shape index (κ3) is 3.73. The second-order valence-electron chi connectivity index (χ2n) is 7.90. The van der Waals surface area contributed by atoms with Gasteiger partial charge in [-0.1, -0.05) is 24.3 Å². The van der Waals surface area contributed by atoms with E-state index in [9.17, 15) is 9.50 Å². The third-order valence-electron chi connectivity index (χ3n) is 5.88. The van der Waals surface area contributed by atoms with Gasteiger partial charge in [-0.2, -0.15) is 0 Å². The molecule has 1 atom stereocenters. The van der Waals surface area contributed by atoms with E-state index < -0.39 is 0 Å². The van der Waals surface area contributed by atoms with Gasteiger partial charge in [-0.25, -0.2) is 14.4 Å². The summed E-state index contributed by atoms with van der Waals surface area (Å²) in [4.78, 5) is 11.7. The highest BCUT2D eigenvalue weighted by Gasteiger charge is 2.29. The van der Waals surface area contributed by atoms with Crippen molar-refractivity contribution >= 4 is 16.7 Å². The van der Waals surface area contributed by atoms with Crippen LogP contribution in [0.1, 0.15) is 31.4 Å². The van der Waals surface area contributed by atoms with E-state index in [1.54, 1.807) is 24.3 Å². The van der Waals surface area contributed by atoms with Gasteiger partial charge in [0.1, 0.15) is 23.1 Å². The Morgan fingerprint density at radius 3 is 2.66 bits per heavy atom. The topological polar surface area (TPSA) is 58.5 Å². The van der Waals surface area contributed by atoms with Crippen LogP contribution in [0, 0.1) is 5.82 Å². The molecule has 0 spiro atoms. The van der Waals surface area contributed by atoms with Gasteiger partial charge in [0, 0.05) is 11.9 Å². The molecule has 162 valence electrons. The Labute approximate surface area is 186 Å². The number of fused-ring (bicyclic) bond motifs is 1. The average Bonchev–Trinajstić information content (AvgIpc) is 3.29. The lowest BCUT2D eigenvalue weighted by Gasteiger charge is -2.28. The van der Waals surface area contributed by atoms with Crippen LogP contribution in [0.25, 0.3) is 22.3 Å². The highest BCUT2D eigenvalue weighted by molar-refractivity contribution is 5.91. The summed E-state index contributed by atoms with van der Waals surface area (Å²) < 4.78 is 19.8. The molecule has 32 heavy (non-hydrogen) atoms. The van der Waals surface area contributed by atoms with E-state index >= 15 is 0 Å². The maximum absolute atomic E-state index is 14.2. The van der Waals surface area contributed by atoms with Crippen LogP contribution in [0.2, 0.25) is 0 Å². The summed E-state index contributed by atoms with van der Waals surface area (Å²) in [6, 6.07) is 19.8. The molecule has 0 saturated carbocycles. The number of hydrogen-bond donors (Lipinski definition) is 1. The highest BCUT2D eigenvalue weighted by Crippen LogP contribution is 2.40. The summed E-state index contributed by atoms with van der Waals surface area (Å²) in [6.07, 6.45) is 1.98. The maximum Gasteiger partial charge on any atom is 0.165 e. The molecular formula is C26H24FN3O2. The summed E-state index contributed by atoms with van der Waals surface area (Å²) >= 11 is 0. The van der Waals surface area contributed by atoms with Gasteiger partial charge in [-0.15, -0.1) is 0 Å². The Hall–Kier alpha value is -3.67. The van der Waals surface area contributed by atoms with E-state index in [1.807, 2.05) is 25.1 Å². The molecule has 1 aliphatic heterocycles. The molecule has 1 fully saturated rings. The first-order valence-corrected chi connectivity index (χ1v) is 10.9. The molecule has 0 aliphatic carbocycles. The highest BCUT2D eigenvalue weighted by atomic mass is 19.1. The van der Waals surface area contributed by atoms with E-state index in [2.05, 4.69) is 22.0 Å². The molecule has 5 nitrogen and oxygen atoms in total. The van der Waals surface area contributed by atoms with Crippen LogP contribution in [0.15, 0.2) is 66.7 Å². The van der Waals surface area contributed by atoms with Crippen molar-refractivity contribution < 1.29 is 14.2 Å². The Balaban J connectivity index is 1.63. The zero-order chi connectivity index (χ0) is 22.1. The predicted molar refractivity (Wildman–Crippen MR) is 124 cm³/mol. The number of phenols is 1. The molecule has 1 aliphatic rings. The van der Waals surface area contributed by atoms with Crippen LogP contribution < -0.4 is 9.64 Å². The maximum atomic E-state index is 14.2. The fourth-order valence-corrected chi connectivity index (χ4v) is 4.41. The summed E-state index contributed by atoms with van der Waals surface area (Å²) in [5, 5.41) is 11.0. The van der Waals surface area contributed by atoms with Crippen molar-refractivity contribution in [2.75, 3.05) is 18.1 Å². The summed E-state index contributed by atoms with van der Waals surface area (Å²) in [5.41, 5.74) is 2.36. The van der Waals surface area contributed by atoms with Gasteiger partial charge in [0.2, 0.25) is 0 Å². The number of aromatic nitrogens is 2. The monoisotopic (exact) mass is 429 g/mol. The fraction of sp³-hybridized carbons (Fsp3) is 0.231. The number of benzene rings is 3. The van der Waals surface area contributed by atoms with Gasteiger partial charge >= 0.3 is 0 Å². The SMILES string of the molecule is CCOc1ccc(C2CCCN2c2nc(-c3ccccc3O)nc3ccc(F)cc23)cc1. The summed E-state index contributed by atoms with van der Waals surface area (Å²) in [6.45, 7) is 3.40. The van der Waals surface area contributed by atoms with Crippen LogP contribution in [-0.4, -0.2) is 28.2 Å². The molecule has 6 heteroatoms. The number of nitrogens with zero attached hydrogens (tertiary/aromatic N) is 3. The molecule has 1 saturated heterocycles. The van der Waals surface area contributed by atoms with E-state index in [-0.39, 0.29) is 17.6 Å². The van der Waals surface area contributed by atoms with Gasteiger partial charge < -0.3 is 14.7 Å². The van der Waals surface area contributed by atoms with E-state index in [0.717, 1.165) is 25.1 Å². The predicted octanol–water partition coefficient (Wildman–Crippen LogP) is 5.88.